The second-order valence-corrected chi connectivity index (χ2v) is 6.51. The van der Waals surface area contributed by atoms with Crippen molar-refractivity contribution in [3.05, 3.63) is 53.0 Å². The fraction of sp³-hybridized carbons (Fsp3) is 0.176. The summed E-state index contributed by atoms with van der Waals surface area (Å²) in [6, 6.07) is 9.67. The van der Waals surface area contributed by atoms with Gasteiger partial charge in [0.05, 0.1) is 5.39 Å². The van der Waals surface area contributed by atoms with Crippen molar-refractivity contribution in [2.45, 2.75) is 20.5 Å². The standard InChI is InChI=1S/C17H14N4O2S/c1-10-11(2)24-17-14(10)16(18-9-19-17)22-8-13-20-15(21-23-13)12-6-4-3-5-7-12/h3-7,9H,8H2,1-2H3. The molecule has 0 aliphatic carbocycles. The Morgan fingerprint density at radius 3 is 2.79 bits per heavy atom. The van der Waals surface area contributed by atoms with Crippen LogP contribution in [0.3, 0.4) is 0 Å². The molecular weight excluding hydrogens is 324 g/mol. The Labute approximate surface area is 142 Å². The van der Waals surface area contributed by atoms with E-state index in [1.807, 2.05) is 37.3 Å². The van der Waals surface area contributed by atoms with Crippen LogP contribution in [0.25, 0.3) is 21.6 Å². The largest absolute Gasteiger partial charge is 0.467 e. The number of aromatic nitrogens is 4. The Balaban J connectivity index is 1.57. The first-order chi connectivity index (χ1) is 11.7. The highest BCUT2D eigenvalue weighted by Crippen LogP contribution is 2.33. The van der Waals surface area contributed by atoms with E-state index in [1.54, 1.807) is 11.3 Å². The molecule has 120 valence electrons. The van der Waals surface area contributed by atoms with Gasteiger partial charge in [0.15, 0.2) is 6.61 Å². The van der Waals surface area contributed by atoms with Crippen molar-refractivity contribution in [2.24, 2.45) is 0 Å². The molecule has 6 nitrogen and oxygen atoms in total. The molecule has 0 amide bonds. The highest BCUT2D eigenvalue weighted by Gasteiger charge is 2.15. The molecule has 0 saturated carbocycles. The number of hydrogen-bond acceptors (Lipinski definition) is 7. The lowest BCUT2D eigenvalue weighted by Crippen LogP contribution is -1.99. The molecule has 3 aromatic heterocycles. The summed E-state index contributed by atoms with van der Waals surface area (Å²) < 4.78 is 11.1. The number of benzene rings is 1. The Morgan fingerprint density at radius 1 is 1.12 bits per heavy atom. The third-order valence-electron chi connectivity index (χ3n) is 3.76. The summed E-state index contributed by atoms with van der Waals surface area (Å²) in [4.78, 5) is 15.0. The fourth-order valence-electron chi connectivity index (χ4n) is 2.41. The Kier molecular flexibility index (Phi) is 3.70. The van der Waals surface area contributed by atoms with Gasteiger partial charge in [-0.1, -0.05) is 35.5 Å². The van der Waals surface area contributed by atoms with Gasteiger partial charge in [-0.25, -0.2) is 9.97 Å². The van der Waals surface area contributed by atoms with Crippen LogP contribution in [0.4, 0.5) is 0 Å². The lowest BCUT2D eigenvalue weighted by atomic mass is 10.2. The van der Waals surface area contributed by atoms with E-state index in [2.05, 4.69) is 27.0 Å². The van der Waals surface area contributed by atoms with E-state index in [9.17, 15) is 0 Å². The minimum Gasteiger partial charge on any atom is -0.467 e. The average molecular weight is 338 g/mol. The van der Waals surface area contributed by atoms with Crippen LogP contribution in [-0.4, -0.2) is 20.1 Å². The van der Waals surface area contributed by atoms with Crippen LogP contribution in [0.15, 0.2) is 41.2 Å². The molecule has 0 saturated heterocycles. The molecule has 0 atom stereocenters. The summed E-state index contributed by atoms with van der Waals surface area (Å²) in [5.74, 6) is 1.50. The van der Waals surface area contributed by atoms with Crippen LogP contribution in [0.5, 0.6) is 5.88 Å². The van der Waals surface area contributed by atoms with Gasteiger partial charge < -0.3 is 9.26 Å². The summed E-state index contributed by atoms with van der Waals surface area (Å²) in [5.41, 5.74) is 2.04. The molecule has 1 aromatic carbocycles. The van der Waals surface area contributed by atoms with E-state index in [4.69, 9.17) is 9.26 Å². The maximum Gasteiger partial charge on any atom is 0.264 e. The molecule has 0 spiro atoms. The minimum atomic E-state index is 0.167. The number of rotatable bonds is 4. The van der Waals surface area contributed by atoms with E-state index in [0.29, 0.717) is 17.6 Å². The maximum atomic E-state index is 5.81. The molecule has 0 N–H and O–H groups in total. The summed E-state index contributed by atoms with van der Waals surface area (Å²) in [6.07, 6.45) is 1.51. The highest BCUT2D eigenvalue weighted by molar-refractivity contribution is 7.18. The molecule has 3 heterocycles. The molecule has 0 fully saturated rings. The zero-order valence-electron chi connectivity index (χ0n) is 13.2. The smallest absolute Gasteiger partial charge is 0.264 e. The van der Waals surface area contributed by atoms with Crippen LogP contribution < -0.4 is 4.74 Å². The normalized spacial score (nSPS) is 11.1. The Morgan fingerprint density at radius 2 is 1.96 bits per heavy atom. The third-order valence-corrected chi connectivity index (χ3v) is 4.88. The van der Waals surface area contributed by atoms with E-state index in [1.165, 1.54) is 11.2 Å². The minimum absolute atomic E-state index is 0.167. The van der Waals surface area contributed by atoms with E-state index in [-0.39, 0.29) is 6.61 Å². The van der Waals surface area contributed by atoms with Crippen molar-refractivity contribution < 1.29 is 9.26 Å². The second-order valence-electron chi connectivity index (χ2n) is 5.31. The number of hydrogen-bond donors (Lipinski definition) is 0. The van der Waals surface area contributed by atoms with Crippen LogP contribution in [0, 0.1) is 13.8 Å². The van der Waals surface area contributed by atoms with E-state index >= 15 is 0 Å². The number of fused-ring (bicyclic) bond motifs is 1. The van der Waals surface area contributed by atoms with Gasteiger partial charge in [-0.2, -0.15) is 4.98 Å². The van der Waals surface area contributed by atoms with Crippen molar-refractivity contribution in [3.8, 4) is 17.3 Å². The summed E-state index contributed by atoms with van der Waals surface area (Å²) >= 11 is 1.63. The zero-order chi connectivity index (χ0) is 16.5. The van der Waals surface area contributed by atoms with Gasteiger partial charge in [0.2, 0.25) is 11.7 Å². The quantitative estimate of drug-likeness (QED) is 0.561. The summed E-state index contributed by atoms with van der Waals surface area (Å²) in [7, 11) is 0. The lowest BCUT2D eigenvalue weighted by molar-refractivity contribution is 0.238. The molecule has 4 rings (SSSR count). The lowest BCUT2D eigenvalue weighted by Gasteiger charge is -2.03. The SMILES string of the molecule is Cc1sc2ncnc(OCc3nc(-c4ccccc4)no3)c2c1C. The first kappa shape index (κ1) is 14.8. The van der Waals surface area contributed by atoms with Crippen LogP contribution in [0.2, 0.25) is 0 Å². The summed E-state index contributed by atoms with van der Waals surface area (Å²) in [5, 5.41) is 4.93. The number of ether oxygens (including phenoxy) is 1. The number of aryl methyl sites for hydroxylation is 2. The molecule has 24 heavy (non-hydrogen) atoms. The zero-order valence-corrected chi connectivity index (χ0v) is 14.0. The van der Waals surface area contributed by atoms with Gasteiger partial charge in [0.25, 0.3) is 5.89 Å². The van der Waals surface area contributed by atoms with Crippen LogP contribution in [0.1, 0.15) is 16.3 Å². The number of nitrogens with zero attached hydrogens (tertiary/aromatic N) is 4. The van der Waals surface area contributed by atoms with Crippen LogP contribution in [-0.2, 0) is 6.61 Å². The second kappa shape index (κ2) is 6.01. The molecule has 0 bridgehead atoms. The van der Waals surface area contributed by atoms with Gasteiger partial charge in [0, 0.05) is 10.4 Å². The van der Waals surface area contributed by atoms with Crippen LogP contribution >= 0.6 is 11.3 Å². The topological polar surface area (TPSA) is 73.9 Å². The third kappa shape index (κ3) is 2.63. The van der Waals surface area contributed by atoms with Gasteiger partial charge >= 0.3 is 0 Å². The first-order valence-corrected chi connectivity index (χ1v) is 8.25. The molecule has 7 heteroatoms. The molecule has 4 aromatic rings. The van der Waals surface area contributed by atoms with Gasteiger partial charge in [-0.3, -0.25) is 0 Å². The highest BCUT2D eigenvalue weighted by atomic mass is 32.1. The fourth-order valence-corrected chi connectivity index (χ4v) is 3.40. The predicted molar refractivity (Wildman–Crippen MR) is 91.0 cm³/mol. The molecule has 0 unspecified atom stereocenters. The molecular formula is C17H14N4O2S. The van der Waals surface area contributed by atoms with E-state index < -0.39 is 0 Å². The predicted octanol–water partition coefficient (Wildman–Crippen LogP) is 3.94. The first-order valence-electron chi connectivity index (χ1n) is 7.44. The Bertz CT molecular complexity index is 994. The maximum absolute atomic E-state index is 5.81. The van der Waals surface area contributed by atoms with Crippen molar-refractivity contribution in [2.75, 3.05) is 0 Å². The Hall–Kier alpha value is -2.80. The van der Waals surface area contributed by atoms with Crippen molar-refractivity contribution in [1.82, 2.24) is 20.1 Å². The number of thiophene rings is 1. The van der Waals surface area contributed by atoms with Crippen molar-refractivity contribution in [3.63, 3.8) is 0 Å². The van der Waals surface area contributed by atoms with Gasteiger partial charge in [-0.15, -0.1) is 11.3 Å². The van der Waals surface area contributed by atoms with E-state index in [0.717, 1.165) is 21.3 Å². The molecule has 0 aliphatic heterocycles. The molecule has 0 aliphatic rings. The monoisotopic (exact) mass is 338 g/mol. The van der Waals surface area contributed by atoms with Crippen molar-refractivity contribution in [1.29, 1.82) is 0 Å². The molecule has 0 radical (unpaired) electrons. The summed E-state index contributed by atoms with van der Waals surface area (Å²) in [6.45, 7) is 4.28. The van der Waals surface area contributed by atoms with Gasteiger partial charge in [0.1, 0.15) is 11.2 Å². The van der Waals surface area contributed by atoms with Gasteiger partial charge in [-0.05, 0) is 19.4 Å². The van der Waals surface area contributed by atoms with Crippen molar-refractivity contribution >= 4 is 21.6 Å². The average Bonchev–Trinajstić information content (AvgIpc) is 3.19.